The first-order valence-corrected chi connectivity index (χ1v) is 16.0. The Hall–Kier alpha value is -3.12. The summed E-state index contributed by atoms with van der Waals surface area (Å²) in [7, 11) is 0. The van der Waals surface area contributed by atoms with Gasteiger partial charge in [-0.2, -0.15) is 0 Å². The summed E-state index contributed by atoms with van der Waals surface area (Å²) in [6.07, 6.45) is 25.9. The molecule has 3 N–H and O–H groups in total. The molecule has 45 heavy (non-hydrogen) atoms. The molecule has 246 valence electrons. The molecular formula is C40H56O5. The van der Waals surface area contributed by atoms with Gasteiger partial charge in [0.1, 0.15) is 0 Å². The number of hydrogen-bond donors (Lipinski definition) is 3. The van der Waals surface area contributed by atoms with Crippen molar-refractivity contribution in [2.75, 3.05) is 0 Å². The van der Waals surface area contributed by atoms with Crippen LogP contribution in [0.15, 0.2) is 107 Å². The Kier molecular flexibility index (Phi) is 13.1. The zero-order valence-electron chi connectivity index (χ0n) is 29.1. The normalized spacial score (nSPS) is 30.2. The number of allylic oxidation sites excluding steroid dienone is 16. The Labute approximate surface area is 271 Å². The molecule has 0 saturated heterocycles. The molecule has 0 radical (unpaired) electrons. The molecular weight excluding hydrogens is 560 g/mol. The number of Topliss-reactive ketones (excluding diaryl/α,β-unsaturated/α-hetero) is 1. The molecule has 0 heterocycles. The standard InChI is InChI=1S/C40H56O5/c1-28(17-13-18-30(3)21-22-36-37(6,7)24-34(42)26-39(36,10)44)15-11-12-16-29(2)19-14-20-31(4)35(43)27-40(45)32(5)23-33(41)25-38(40,8)9/h11-23,34,36,42,44-45H,24-27H2,1-10H3/b12-11+,17-13+,19-14+,22-21+,28-15+,29-16+,30-18+,31-20+/t34-,36?,39+,40+/m0/s1. The fraction of sp³-hybridized carbons (Fsp3) is 0.500. The highest BCUT2D eigenvalue weighted by Crippen LogP contribution is 2.47. The van der Waals surface area contributed by atoms with Crippen LogP contribution in [0, 0.1) is 16.7 Å². The SMILES string of the molecule is CC1=CC(=O)CC(C)(C)[C@@]1(O)CC(=O)/C(C)=C/C=C/C(C)=C/C=C/C=C(C)/C=C/C=C(C)/C=C/C1C(C)(C)C[C@H](O)C[C@@]1(C)O. The topological polar surface area (TPSA) is 94.8 Å². The van der Waals surface area contributed by atoms with Gasteiger partial charge in [0.2, 0.25) is 0 Å². The molecule has 4 atom stereocenters. The monoisotopic (exact) mass is 616 g/mol. The first kappa shape index (κ1) is 38.1. The predicted octanol–water partition coefficient (Wildman–Crippen LogP) is 8.18. The largest absolute Gasteiger partial charge is 0.393 e. The third-order valence-electron chi connectivity index (χ3n) is 9.35. The highest BCUT2D eigenvalue weighted by atomic mass is 16.3. The fourth-order valence-electron chi connectivity index (χ4n) is 6.62. The predicted molar refractivity (Wildman–Crippen MR) is 186 cm³/mol. The van der Waals surface area contributed by atoms with E-state index in [1.165, 1.54) is 6.08 Å². The second kappa shape index (κ2) is 15.4. The average Bonchev–Trinajstić information content (AvgIpc) is 2.88. The zero-order chi connectivity index (χ0) is 34.2. The molecule has 1 saturated carbocycles. The van der Waals surface area contributed by atoms with Crippen LogP contribution in [-0.2, 0) is 9.59 Å². The van der Waals surface area contributed by atoms with Gasteiger partial charge in [-0.1, -0.05) is 117 Å². The lowest BCUT2D eigenvalue weighted by Crippen LogP contribution is -2.50. The Morgan fingerprint density at radius 2 is 1.33 bits per heavy atom. The van der Waals surface area contributed by atoms with E-state index in [0.717, 1.165) is 16.7 Å². The van der Waals surface area contributed by atoms with E-state index < -0.39 is 22.7 Å². The van der Waals surface area contributed by atoms with Crippen LogP contribution in [0.1, 0.15) is 94.9 Å². The van der Waals surface area contributed by atoms with Gasteiger partial charge in [0.25, 0.3) is 0 Å². The maximum atomic E-state index is 12.9. The number of hydrogen-bond acceptors (Lipinski definition) is 5. The number of rotatable bonds is 11. The molecule has 0 amide bonds. The summed E-state index contributed by atoms with van der Waals surface area (Å²) >= 11 is 0. The summed E-state index contributed by atoms with van der Waals surface area (Å²) < 4.78 is 0. The smallest absolute Gasteiger partial charge is 0.161 e. The van der Waals surface area contributed by atoms with Gasteiger partial charge in [-0.25, -0.2) is 0 Å². The molecule has 2 aliphatic rings. The summed E-state index contributed by atoms with van der Waals surface area (Å²) in [6, 6.07) is 0. The number of carbonyl (C=O) groups excluding carboxylic acids is 2. The molecule has 0 aromatic carbocycles. The van der Waals surface area contributed by atoms with Gasteiger partial charge in [0.05, 0.1) is 17.3 Å². The van der Waals surface area contributed by atoms with Crippen LogP contribution in [0.3, 0.4) is 0 Å². The summed E-state index contributed by atoms with van der Waals surface area (Å²) in [5.74, 6) is -0.199. The fourth-order valence-corrected chi connectivity index (χ4v) is 6.62. The van der Waals surface area contributed by atoms with Gasteiger partial charge < -0.3 is 15.3 Å². The Bertz CT molecular complexity index is 1360. The zero-order valence-corrected chi connectivity index (χ0v) is 29.1. The van der Waals surface area contributed by atoms with Gasteiger partial charge in [-0.15, -0.1) is 0 Å². The van der Waals surface area contributed by atoms with Crippen LogP contribution >= 0.6 is 0 Å². The van der Waals surface area contributed by atoms with E-state index in [-0.39, 0.29) is 35.7 Å². The number of aliphatic hydroxyl groups excluding tert-OH is 1. The molecule has 0 aromatic heterocycles. The van der Waals surface area contributed by atoms with Crippen molar-refractivity contribution in [2.45, 2.75) is 112 Å². The second-order valence-corrected chi connectivity index (χ2v) is 14.7. The first-order valence-electron chi connectivity index (χ1n) is 16.0. The first-order chi connectivity index (χ1) is 20.7. The molecule has 1 fully saturated rings. The highest BCUT2D eigenvalue weighted by Gasteiger charge is 2.50. The molecule has 5 nitrogen and oxygen atoms in total. The van der Waals surface area contributed by atoms with E-state index >= 15 is 0 Å². The van der Waals surface area contributed by atoms with Crippen LogP contribution in [0.2, 0.25) is 0 Å². The quantitative estimate of drug-likeness (QED) is 0.161. The maximum Gasteiger partial charge on any atom is 0.161 e. The van der Waals surface area contributed by atoms with Gasteiger partial charge >= 0.3 is 0 Å². The summed E-state index contributed by atoms with van der Waals surface area (Å²) in [5.41, 5.74) is 1.13. The molecule has 0 spiro atoms. The number of ketones is 2. The van der Waals surface area contributed by atoms with Crippen molar-refractivity contribution in [3.05, 3.63) is 107 Å². The van der Waals surface area contributed by atoms with E-state index in [0.29, 0.717) is 24.0 Å². The lowest BCUT2D eigenvalue weighted by atomic mass is 9.61. The second-order valence-electron chi connectivity index (χ2n) is 14.7. The summed E-state index contributed by atoms with van der Waals surface area (Å²) in [5, 5.41) is 32.4. The van der Waals surface area contributed by atoms with Gasteiger partial charge in [-0.3, -0.25) is 9.59 Å². The third kappa shape index (κ3) is 10.7. The van der Waals surface area contributed by atoms with Crippen molar-refractivity contribution < 1.29 is 24.9 Å². The van der Waals surface area contributed by atoms with Crippen molar-refractivity contribution in [2.24, 2.45) is 16.7 Å². The van der Waals surface area contributed by atoms with E-state index in [1.807, 2.05) is 96.2 Å². The van der Waals surface area contributed by atoms with Crippen molar-refractivity contribution in [3.63, 3.8) is 0 Å². The van der Waals surface area contributed by atoms with E-state index in [2.05, 4.69) is 26.0 Å². The number of carbonyl (C=O) groups is 2. The number of aliphatic hydroxyl groups is 3. The lowest BCUT2D eigenvalue weighted by molar-refractivity contribution is -0.132. The van der Waals surface area contributed by atoms with Gasteiger partial charge in [0, 0.05) is 30.6 Å². The van der Waals surface area contributed by atoms with Crippen molar-refractivity contribution in [3.8, 4) is 0 Å². The molecule has 5 heteroatoms. The molecule has 2 aliphatic carbocycles. The van der Waals surface area contributed by atoms with E-state index in [9.17, 15) is 24.9 Å². The van der Waals surface area contributed by atoms with Crippen LogP contribution in [0.25, 0.3) is 0 Å². The van der Waals surface area contributed by atoms with Crippen molar-refractivity contribution >= 4 is 11.6 Å². The minimum absolute atomic E-state index is 0.0195. The average molecular weight is 617 g/mol. The van der Waals surface area contributed by atoms with E-state index in [1.54, 1.807) is 19.9 Å². The van der Waals surface area contributed by atoms with Crippen LogP contribution < -0.4 is 0 Å². The van der Waals surface area contributed by atoms with Crippen LogP contribution in [0.5, 0.6) is 0 Å². The minimum atomic E-state index is -1.34. The third-order valence-corrected chi connectivity index (χ3v) is 9.35. The Balaban J connectivity index is 1.93. The summed E-state index contributed by atoms with van der Waals surface area (Å²) in [6.45, 7) is 19.2. The lowest BCUT2D eigenvalue weighted by Gasteiger charge is -2.48. The van der Waals surface area contributed by atoms with Gasteiger partial charge in [0.15, 0.2) is 11.6 Å². The molecule has 0 bridgehead atoms. The Morgan fingerprint density at radius 3 is 1.87 bits per heavy atom. The van der Waals surface area contributed by atoms with Crippen LogP contribution in [0.4, 0.5) is 0 Å². The van der Waals surface area contributed by atoms with Crippen molar-refractivity contribution in [1.82, 2.24) is 0 Å². The maximum absolute atomic E-state index is 12.9. The van der Waals surface area contributed by atoms with E-state index in [4.69, 9.17) is 0 Å². The van der Waals surface area contributed by atoms with Crippen LogP contribution in [-0.4, -0.2) is 44.2 Å². The Morgan fingerprint density at radius 1 is 0.822 bits per heavy atom. The van der Waals surface area contributed by atoms with Gasteiger partial charge in [-0.05, 0) is 70.6 Å². The minimum Gasteiger partial charge on any atom is -0.393 e. The summed E-state index contributed by atoms with van der Waals surface area (Å²) in [4.78, 5) is 24.9. The van der Waals surface area contributed by atoms with Crippen molar-refractivity contribution in [1.29, 1.82) is 0 Å². The highest BCUT2D eigenvalue weighted by molar-refractivity contribution is 5.97. The molecule has 1 unspecified atom stereocenters. The molecule has 0 aromatic rings. The molecule has 2 rings (SSSR count). The molecule has 0 aliphatic heterocycles.